The van der Waals surface area contributed by atoms with Crippen molar-refractivity contribution in [3.05, 3.63) is 301 Å². The number of rotatable bonds is 15. The molecule has 3 heterocycles. The molecule has 0 saturated carbocycles. The molecular weight excluding hydrogens is 1160 g/mol. The monoisotopic (exact) mass is 1230 g/mol. The van der Waals surface area contributed by atoms with Crippen molar-refractivity contribution in [2.24, 2.45) is 0 Å². The molecule has 95 heavy (non-hydrogen) atoms. The number of hydrogen-bond acceptors (Lipinski definition) is 6. The minimum absolute atomic E-state index is 0.0689. The average Bonchev–Trinajstić information content (AvgIpc) is 1.59. The largest absolute Gasteiger partial charge is 0.341 e. The molecule has 458 valence electrons. The summed E-state index contributed by atoms with van der Waals surface area (Å²) < 4.78 is 2.44. The SMILES string of the molecule is CCn1c2ccc(N(c3ccccc3)c3ccc(-c4nc5ccccc5nc4-c4ccc5c(c4)C(CC)(CC)c4ccccc4-5)cc3)cc2c2cc(N(c3ccccc3)c3ccc(-c4nc5ccccc5nc4-c4ccc5c(c4)C(CC)(CC)c4ccccc4-5)cc3)ccc21. The van der Waals surface area contributed by atoms with Gasteiger partial charge >= 0.3 is 0 Å². The highest BCUT2D eigenvalue weighted by atomic mass is 15.2. The number of fused-ring (bicyclic) bond motifs is 11. The maximum Gasteiger partial charge on any atom is 0.0973 e. The molecule has 0 atom stereocenters. The molecule has 3 aromatic heterocycles. The summed E-state index contributed by atoms with van der Waals surface area (Å²) in [6, 6.07) is 102. The molecular formula is C88H71N7. The lowest BCUT2D eigenvalue weighted by molar-refractivity contribution is 0.490. The van der Waals surface area contributed by atoms with E-state index in [-0.39, 0.29) is 10.8 Å². The van der Waals surface area contributed by atoms with Crippen LogP contribution in [-0.2, 0) is 17.4 Å². The second-order valence-corrected chi connectivity index (χ2v) is 25.6. The Bertz CT molecular complexity index is 5130. The van der Waals surface area contributed by atoms with E-state index in [4.69, 9.17) is 19.9 Å². The Morgan fingerprint density at radius 1 is 0.274 bits per heavy atom. The van der Waals surface area contributed by atoms with Gasteiger partial charge < -0.3 is 14.4 Å². The Labute approximate surface area is 555 Å². The lowest BCUT2D eigenvalue weighted by Gasteiger charge is -2.30. The number of anilines is 6. The van der Waals surface area contributed by atoms with Crippen molar-refractivity contribution in [1.29, 1.82) is 0 Å². The summed E-state index contributed by atoms with van der Waals surface area (Å²) in [6.45, 7) is 12.4. The van der Waals surface area contributed by atoms with Crippen LogP contribution in [-0.4, -0.2) is 24.5 Å². The van der Waals surface area contributed by atoms with Gasteiger partial charge in [0, 0.05) is 95.6 Å². The van der Waals surface area contributed by atoms with Gasteiger partial charge in [0.2, 0.25) is 0 Å². The highest BCUT2D eigenvalue weighted by Crippen LogP contribution is 2.56. The Morgan fingerprint density at radius 3 is 0.947 bits per heavy atom. The number of para-hydroxylation sites is 6. The Kier molecular flexibility index (Phi) is 14.0. The summed E-state index contributed by atoms with van der Waals surface area (Å²) in [5, 5.41) is 2.36. The second kappa shape index (κ2) is 23.1. The van der Waals surface area contributed by atoms with Gasteiger partial charge in [-0.25, -0.2) is 19.9 Å². The third-order valence-electron chi connectivity index (χ3n) is 21.1. The van der Waals surface area contributed by atoms with Crippen molar-refractivity contribution in [1.82, 2.24) is 24.5 Å². The van der Waals surface area contributed by atoms with E-state index in [1.165, 1.54) is 66.3 Å². The fourth-order valence-corrected chi connectivity index (χ4v) is 16.3. The summed E-state index contributed by atoms with van der Waals surface area (Å²) in [4.78, 5) is 26.5. The molecule has 2 aliphatic carbocycles. The van der Waals surface area contributed by atoms with E-state index in [1.54, 1.807) is 0 Å². The maximum atomic E-state index is 5.44. The first-order valence-corrected chi connectivity index (χ1v) is 33.8. The van der Waals surface area contributed by atoms with E-state index in [9.17, 15) is 0 Å². The van der Waals surface area contributed by atoms with Crippen molar-refractivity contribution < 1.29 is 0 Å². The number of hydrogen-bond donors (Lipinski definition) is 0. The van der Waals surface area contributed by atoms with Crippen LogP contribution in [0.25, 0.3) is 111 Å². The predicted molar refractivity (Wildman–Crippen MR) is 396 cm³/mol. The highest BCUT2D eigenvalue weighted by molar-refractivity contribution is 6.11. The van der Waals surface area contributed by atoms with Gasteiger partial charge in [0.1, 0.15) is 0 Å². The van der Waals surface area contributed by atoms with Crippen LogP contribution < -0.4 is 9.80 Å². The minimum Gasteiger partial charge on any atom is -0.341 e. The first-order chi connectivity index (χ1) is 46.8. The normalized spacial score (nSPS) is 13.3. The summed E-state index contributed by atoms with van der Waals surface area (Å²) in [6.07, 6.45) is 4.07. The van der Waals surface area contributed by atoms with Gasteiger partial charge in [0.15, 0.2) is 0 Å². The van der Waals surface area contributed by atoms with Crippen LogP contribution in [0.15, 0.2) is 279 Å². The Balaban J connectivity index is 0.749. The fourth-order valence-electron chi connectivity index (χ4n) is 16.3. The zero-order valence-electron chi connectivity index (χ0n) is 54.2. The molecule has 0 saturated heterocycles. The van der Waals surface area contributed by atoms with Crippen molar-refractivity contribution in [2.45, 2.75) is 77.7 Å². The minimum atomic E-state index is -0.0689. The first kappa shape index (κ1) is 57.6. The van der Waals surface area contributed by atoms with E-state index < -0.39 is 0 Å². The fraction of sp³-hybridized carbons (Fsp3) is 0.136. The summed E-state index contributed by atoms with van der Waals surface area (Å²) in [5.41, 5.74) is 30.6. The van der Waals surface area contributed by atoms with Crippen LogP contribution in [0.5, 0.6) is 0 Å². The smallest absolute Gasteiger partial charge is 0.0973 e. The van der Waals surface area contributed by atoms with E-state index in [1.807, 2.05) is 12.1 Å². The van der Waals surface area contributed by atoms with Crippen molar-refractivity contribution >= 4 is 78.0 Å². The van der Waals surface area contributed by atoms with Gasteiger partial charge in [-0.1, -0.05) is 185 Å². The number of benzene rings is 12. The van der Waals surface area contributed by atoms with Crippen molar-refractivity contribution in [3.8, 4) is 67.3 Å². The number of nitrogens with zero attached hydrogens (tertiary/aromatic N) is 7. The third kappa shape index (κ3) is 9.15. The summed E-state index contributed by atoms with van der Waals surface area (Å²) >= 11 is 0. The average molecular weight is 1230 g/mol. The van der Waals surface area contributed by atoms with Crippen LogP contribution in [0.3, 0.4) is 0 Å². The van der Waals surface area contributed by atoms with Gasteiger partial charge in [0.25, 0.3) is 0 Å². The van der Waals surface area contributed by atoms with E-state index in [0.717, 1.165) is 133 Å². The Morgan fingerprint density at radius 2 is 0.579 bits per heavy atom. The third-order valence-corrected chi connectivity index (χ3v) is 21.1. The molecule has 0 spiro atoms. The van der Waals surface area contributed by atoms with Crippen molar-refractivity contribution in [2.75, 3.05) is 9.80 Å². The highest BCUT2D eigenvalue weighted by Gasteiger charge is 2.42. The molecule has 0 unspecified atom stereocenters. The zero-order chi connectivity index (χ0) is 63.9. The lowest BCUT2D eigenvalue weighted by Crippen LogP contribution is -2.23. The van der Waals surface area contributed by atoms with Crippen molar-refractivity contribution in [3.63, 3.8) is 0 Å². The van der Waals surface area contributed by atoms with Gasteiger partial charge in [0.05, 0.1) is 44.8 Å². The molecule has 7 heteroatoms. The molecule has 15 aromatic rings. The number of aromatic nitrogens is 5. The van der Waals surface area contributed by atoms with E-state index in [0.29, 0.717) is 0 Å². The molecule has 17 rings (SSSR count). The van der Waals surface area contributed by atoms with Crippen LogP contribution >= 0.6 is 0 Å². The second-order valence-electron chi connectivity index (χ2n) is 25.6. The molecule has 0 fully saturated rings. The molecule has 0 aliphatic heterocycles. The Hall–Kier alpha value is -11.3. The van der Waals surface area contributed by atoms with Gasteiger partial charge in [-0.05, 0) is 198 Å². The zero-order valence-corrected chi connectivity index (χ0v) is 54.2. The first-order valence-electron chi connectivity index (χ1n) is 33.8. The van der Waals surface area contributed by atoms with Gasteiger partial charge in [-0.15, -0.1) is 0 Å². The molecule has 0 N–H and O–H groups in total. The van der Waals surface area contributed by atoms with Crippen LogP contribution in [0.2, 0.25) is 0 Å². The van der Waals surface area contributed by atoms with Crippen LogP contribution in [0.4, 0.5) is 34.1 Å². The summed E-state index contributed by atoms with van der Waals surface area (Å²) in [7, 11) is 0. The quantitative estimate of drug-likeness (QED) is 0.102. The maximum absolute atomic E-state index is 5.44. The lowest BCUT2D eigenvalue weighted by atomic mass is 9.73. The topological polar surface area (TPSA) is 63.0 Å². The van der Waals surface area contributed by atoms with E-state index in [2.05, 4.69) is 316 Å². The molecule has 7 nitrogen and oxygen atoms in total. The predicted octanol–water partition coefficient (Wildman–Crippen LogP) is 23.5. The van der Waals surface area contributed by atoms with Crippen LogP contribution in [0.1, 0.15) is 82.6 Å². The van der Waals surface area contributed by atoms with E-state index >= 15 is 0 Å². The molecule has 2 aliphatic rings. The molecule has 12 aromatic carbocycles. The van der Waals surface area contributed by atoms with Gasteiger partial charge in [-0.2, -0.15) is 0 Å². The molecule has 0 amide bonds. The standard InChI is InChI=1S/C88H71N7/c1-6-87(7-2)73-31-19-17-29-67(73)69-49-41-59(53-75(69)87)85-83(89-77-33-21-23-35-79(77)91-85)57-37-43-63(44-38-57)94(61-25-13-11-14-26-61)65-47-51-81-71(55-65)72-56-66(48-52-82(72)93(81)10-5)95(62-27-15-12-16-28-62)64-45-39-58(40-46-64)84-86(92-80-36-24-22-34-78(80)90-84)60-42-50-70-68-30-18-20-32-74(68)88(8-3,9-4)76(70)54-60/h11-56H,6-10H2,1-5H3. The summed E-state index contributed by atoms with van der Waals surface area (Å²) in [5.74, 6) is 0. The molecule has 0 radical (unpaired) electrons. The van der Waals surface area contributed by atoms with Gasteiger partial charge in [-0.3, -0.25) is 0 Å². The molecule has 0 bridgehead atoms. The van der Waals surface area contributed by atoms with Crippen LogP contribution in [0, 0.1) is 0 Å². The number of aryl methyl sites for hydroxylation is 1.